The maximum atomic E-state index is 11.8. The lowest BCUT2D eigenvalue weighted by Gasteiger charge is -2.20. The fraction of sp³-hybridized carbons (Fsp3) is 0.923. The molecule has 0 radical (unpaired) electrons. The minimum Gasteiger partial charge on any atom is -0.346 e. The zero-order valence-electron chi connectivity index (χ0n) is 12.5. The Morgan fingerprint density at radius 3 is 2.17 bits per heavy atom. The van der Waals surface area contributed by atoms with E-state index in [0.29, 0.717) is 13.0 Å². The summed E-state index contributed by atoms with van der Waals surface area (Å²) >= 11 is 0. The van der Waals surface area contributed by atoms with Gasteiger partial charge in [-0.25, -0.2) is 0 Å². The summed E-state index contributed by atoms with van der Waals surface area (Å²) in [5, 5.41) is 0. The van der Waals surface area contributed by atoms with Crippen LogP contribution >= 0.6 is 0 Å². The molecule has 0 aliphatic carbocycles. The molecule has 0 rings (SSSR count). The van der Waals surface area contributed by atoms with Crippen molar-refractivity contribution in [2.75, 3.05) is 60.9 Å². The lowest BCUT2D eigenvalue weighted by molar-refractivity contribution is -0.130. The van der Waals surface area contributed by atoms with Gasteiger partial charge in [0.2, 0.25) is 5.91 Å². The van der Waals surface area contributed by atoms with E-state index >= 15 is 0 Å². The van der Waals surface area contributed by atoms with Gasteiger partial charge < -0.3 is 20.4 Å². The summed E-state index contributed by atoms with van der Waals surface area (Å²) in [5.74, 6) is 0.211. The van der Waals surface area contributed by atoms with Crippen LogP contribution in [0.15, 0.2) is 0 Å². The van der Waals surface area contributed by atoms with Crippen molar-refractivity contribution in [2.45, 2.75) is 19.3 Å². The summed E-state index contributed by atoms with van der Waals surface area (Å²) in [6.45, 7) is 4.37. The van der Waals surface area contributed by atoms with Crippen LogP contribution in [0.3, 0.4) is 0 Å². The summed E-state index contributed by atoms with van der Waals surface area (Å²) < 4.78 is 0. The van der Waals surface area contributed by atoms with Crippen LogP contribution < -0.4 is 5.73 Å². The number of nitrogens with two attached hydrogens (primary N) is 1. The third-order valence-electron chi connectivity index (χ3n) is 2.98. The van der Waals surface area contributed by atoms with Crippen molar-refractivity contribution >= 4 is 5.91 Å². The summed E-state index contributed by atoms with van der Waals surface area (Å²) in [5.41, 5.74) is 5.43. The number of rotatable bonds is 10. The van der Waals surface area contributed by atoms with Crippen molar-refractivity contribution in [3.05, 3.63) is 0 Å². The predicted octanol–water partition coefficient (Wildman–Crippen LogP) is 0.0672. The highest BCUT2D eigenvalue weighted by atomic mass is 16.2. The van der Waals surface area contributed by atoms with Crippen LogP contribution in [0.5, 0.6) is 0 Å². The van der Waals surface area contributed by atoms with Crippen LogP contribution in [-0.4, -0.2) is 81.5 Å². The number of amides is 1. The molecule has 0 heterocycles. The van der Waals surface area contributed by atoms with Gasteiger partial charge in [-0.1, -0.05) is 0 Å². The molecular formula is C13H30N4O. The van der Waals surface area contributed by atoms with E-state index in [1.807, 2.05) is 7.05 Å². The molecule has 0 unspecified atom stereocenters. The fourth-order valence-corrected chi connectivity index (χ4v) is 1.70. The molecule has 0 fully saturated rings. The van der Waals surface area contributed by atoms with Gasteiger partial charge >= 0.3 is 0 Å². The summed E-state index contributed by atoms with van der Waals surface area (Å²) in [4.78, 5) is 18.0. The molecule has 0 saturated carbocycles. The first-order chi connectivity index (χ1) is 8.47. The maximum Gasteiger partial charge on any atom is 0.223 e. The van der Waals surface area contributed by atoms with E-state index in [1.54, 1.807) is 4.90 Å². The van der Waals surface area contributed by atoms with Crippen molar-refractivity contribution < 1.29 is 4.79 Å². The second-order valence-electron chi connectivity index (χ2n) is 5.17. The molecule has 0 aliphatic rings. The largest absolute Gasteiger partial charge is 0.346 e. The van der Waals surface area contributed by atoms with Gasteiger partial charge in [-0.3, -0.25) is 4.79 Å². The summed E-state index contributed by atoms with van der Waals surface area (Å²) in [7, 11) is 8.08. The smallest absolute Gasteiger partial charge is 0.223 e. The molecule has 0 aromatic carbocycles. The quantitative estimate of drug-likeness (QED) is 0.602. The average molecular weight is 258 g/mol. The first-order valence-corrected chi connectivity index (χ1v) is 6.74. The highest BCUT2D eigenvalue weighted by Crippen LogP contribution is 1.96. The Kier molecular flexibility index (Phi) is 9.92. The Bertz CT molecular complexity index is 221. The predicted molar refractivity (Wildman–Crippen MR) is 76.6 cm³/mol. The zero-order chi connectivity index (χ0) is 14.0. The van der Waals surface area contributed by atoms with Crippen molar-refractivity contribution in [1.82, 2.24) is 14.7 Å². The van der Waals surface area contributed by atoms with Gasteiger partial charge in [-0.05, 0) is 53.6 Å². The van der Waals surface area contributed by atoms with Crippen LogP contribution in [0.25, 0.3) is 0 Å². The molecule has 0 atom stereocenters. The Balaban J connectivity index is 3.64. The van der Waals surface area contributed by atoms with Crippen LogP contribution in [0.4, 0.5) is 0 Å². The Morgan fingerprint density at radius 1 is 0.944 bits per heavy atom. The van der Waals surface area contributed by atoms with Gasteiger partial charge in [0.15, 0.2) is 0 Å². The molecule has 0 aromatic heterocycles. The van der Waals surface area contributed by atoms with E-state index in [9.17, 15) is 4.79 Å². The van der Waals surface area contributed by atoms with Gasteiger partial charge in [-0.15, -0.1) is 0 Å². The normalized spacial score (nSPS) is 11.3. The maximum absolute atomic E-state index is 11.8. The van der Waals surface area contributed by atoms with Crippen molar-refractivity contribution in [2.24, 2.45) is 5.73 Å². The van der Waals surface area contributed by atoms with Crippen molar-refractivity contribution in [1.29, 1.82) is 0 Å². The lowest BCUT2D eigenvalue weighted by atomic mass is 10.3. The van der Waals surface area contributed by atoms with E-state index in [4.69, 9.17) is 5.73 Å². The molecule has 2 N–H and O–H groups in total. The van der Waals surface area contributed by atoms with Gasteiger partial charge in [0.05, 0.1) is 0 Å². The minimum absolute atomic E-state index is 0.211. The number of nitrogens with zero attached hydrogens (tertiary/aromatic N) is 3. The second-order valence-corrected chi connectivity index (χ2v) is 5.17. The molecule has 0 spiro atoms. The number of carbonyl (C=O) groups is 1. The van der Waals surface area contributed by atoms with Crippen LogP contribution in [0.2, 0.25) is 0 Å². The zero-order valence-corrected chi connectivity index (χ0v) is 12.5. The first-order valence-electron chi connectivity index (χ1n) is 6.74. The summed E-state index contributed by atoms with van der Waals surface area (Å²) in [6.07, 6.45) is 2.61. The standard InChI is InChI=1S/C13H30N4O/c1-15(2)9-6-10-16(3)12-7-13(18)17(4)11-5-8-14/h5-12,14H2,1-4H3. The van der Waals surface area contributed by atoms with E-state index in [2.05, 4.69) is 30.9 Å². The van der Waals surface area contributed by atoms with E-state index in [-0.39, 0.29) is 5.91 Å². The molecule has 18 heavy (non-hydrogen) atoms. The van der Waals surface area contributed by atoms with Gasteiger partial charge in [0.25, 0.3) is 0 Å². The highest BCUT2D eigenvalue weighted by molar-refractivity contribution is 5.76. The molecule has 108 valence electrons. The van der Waals surface area contributed by atoms with Crippen LogP contribution in [0, 0.1) is 0 Å². The van der Waals surface area contributed by atoms with Crippen LogP contribution in [0.1, 0.15) is 19.3 Å². The number of hydrogen-bond donors (Lipinski definition) is 1. The van der Waals surface area contributed by atoms with Gasteiger partial charge in [0, 0.05) is 26.6 Å². The topological polar surface area (TPSA) is 52.8 Å². The van der Waals surface area contributed by atoms with Crippen LogP contribution in [-0.2, 0) is 4.79 Å². The van der Waals surface area contributed by atoms with Crippen molar-refractivity contribution in [3.8, 4) is 0 Å². The molecule has 1 amide bonds. The van der Waals surface area contributed by atoms with E-state index < -0.39 is 0 Å². The van der Waals surface area contributed by atoms with E-state index in [0.717, 1.165) is 39.0 Å². The molecule has 5 nitrogen and oxygen atoms in total. The number of carbonyl (C=O) groups excluding carboxylic acids is 1. The molecule has 5 heteroatoms. The molecule has 0 aromatic rings. The Morgan fingerprint density at radius 2 is 1.61 bits per heavy atom. The fourth-order valence-electron chi connectivity index (χ4n) is 1.70. The SMILES string of the molecule is CN(C)CCCN(C)CCC(=O)N(C)CCCN. The second kappa shape index (κ2) is 10.3. The highest BCUT2D eigenvalue weighted by Gasteiger charge is 2.09. The Hall–Kier alpha value is -0.650. The lowest BCUT2D eigenvalue weighted by Crippen LogP contribution is -2.32. The minimum atomic E-state index is 0.211. The Labute approximate surface area is 112 Å². The average Bonchev–Trinajstić information content (AvgIpc) is 2.32. The third-order valence-corrected chi connectivity index (χ3v) is 2.98. The molecule has 0 aliphatic heterocycles. The molecular weight excluding hydrogens is 228 g/mol. The monoisotopic (exact) mass is 258 g/mol. The third kappa shape index (κ3) is 9.39. The van der Waals surface area contributed by atoms with Crippen molar-refractivity contribution in [3.63, 3.8) is 0 Å². The first kappa shape index (κ1) is 17.4. The van der Waals surface area contributed by atoms with Gasteiger partial charge in [0.1, 0.15) is 0 Å². The van der Waals surface area contributed by atoms with E-state index in [1.165, 1.54) is 0 Å². The molecule has 0 saturated heterocycles. The number of hydrogen-bond acceptors (Lipinski definition) is 4. The summed E-state index contributed by atoms with van der Waals surface area (Å²) in [6, 6.07) is 0. The molecule has 0 bridgehead atoms. The van der Waals surface area contributed by atoms with Gasteiger partial charge in [-0.2, -0.15) is 0 Å².